The topological polar surface area (TPSA) is 99.5 Å². The molecule has 7 nitrogen and oxygen atoms in total. The molecule has 164 valence electrons. The quantitative estimate of drug-likeness (QED) is 0.565. The lowest BCUT2D eigenvalue weighted by Gasteiger charge is -2.25. The Bertz CT molecular complexity index is 1240. The van der Waals surface area contributed by atoms with Gasteiger partial charge in [-0.3, -0.25) is 9.10 Å². The molecule has 0 aliphatic rings. The molecule has 0 spiro atoms. The van der Waals surface area contributed by atoms with Gasteiger partial charge in [0, 0.05) is 6.54 Å². The van der Waals surface area contributed by atoms with Crippen LogP contribution in [0.4, 0.5) is 10.1 Å². The Morgan fingerprint density at radius 1 is 1.06 bits per heavy atom. The van der Waals surface area contributed by atoms with Gasteiger partial charge in [0.1, 0.15) is 18.1 Å². The second kappa shape index (κ2) is 9.94. The maximum Gasteiger partial charge on any atom is 0.264 e. The Balaban J connectivity index is 1.87. The first-order chi connectivity index (χ1) is 15.3. The van der Waals surface area contributed by atoms with Crippen LogP contribution in [-0.4, -0.2) is 28.0 Å². The summed E-state index contributed by atoms with van der Waals surface area (Å²) in [5.74, 6) is -0.864. The van der Waals surface area contributed by atoms with E-state index in [1.165, 1.54) is 13.2 Å². The van der Waals surface area contributed by atoms with Crippen LogP contribution in [0.1, 0.15) is 11.1 Å². The SMILES string of the molecule is COc1ccccc1N(CC(=O)NCc1ccc(C#N)cc1)S(=O)(=O)c1ccc(F)cc1. The second-order valence-corrected chi connectivity index (χ2v) is 8.59. The molecule has 0 aromatic heterocycles. The van der Waals surface area contributed by atoms with E-state index in [0.29, 0.717) is 5.56 Å². The van der Waals surface area contributed by atoms with E-state index in [-0.39, 0.29) is 22.9 Å². The number of carbonyl (C=O) groups excluding carboxylic acids is 1. The number of para-hydroxylation sites is 2. The van der Waals surface area contributed by atoms with E-state index in [0.717, 1.165) is 34.1 Å². The van der Waals surface area contributed by atoms with Crippen LogP contribution in [0.5, 0.6) is 5.75 Å². The highest BCUT2D eigenvalue weighted by atomic mass is 32.2. The molecule has 3 aromatic rings. The molecule has 0 unspecified atom stereocenters. The number of ether oxygens (including phenoxy) is 1. The Morgan fingerprint density at radius 3 is 2.34 bits per heavy atom. The molecule has 0 heterocycles. The fourth-order valence-corrected chi connectivity index (χ4v) is 4.38. The molecule has 1 amide bonds. The van der Waals surface area contributed by atoms with Crippen molar-refractivity contribution in [3.8, 4) is 11.8 Å². The van der Waals surface area contributed by atoms with Gasteiger partial charge in [-0.15, -0.1) is 0 Å². The minimum absolute atomic E-state index is 0.154. The highest BCUT2D eigenvalue weighted by Crippen LogP contribution is 2.32. The molecule has 0 saturated carbocycles. The lowest BCUT2D eigenvalue weighted by molar-refractivity contribution is -0.119. The number of anilines is 1. The van der Waals surface area contributed by atoms with Gasteiger partial charge in [-0.1, -0.05) is 24.3 Å². The zero-order valence-corrected chi connectivity index (χ0v) is 18.0. The number of amides is 1. The molecule has 0 fully saturated rings. The van der Waals surface area contributed by atoms with Crippen LogP contribution in [0.25, 0.3) is 0 Å². The molecule has 0 atom stereocenters. The van der Waals surface area contributed by atoms with E-state index in [4.69, 9.17) is 10.00 Å². The van der Waals surface area contributed by atoms with Gasteiger partial charge in [0.2, 0.25) is 5.91 Å². The lowest BCUT2D eigenvalue weighted by atomic mass is 10.1. The minimum atomic E-state index is -4.20. The van der Waals surface area contributed by atoms with Crippen molar-refractivity contribution in [1.29, 1.82) is 5.26 Å². The van der Waals surface area contributed by atoms with Gasteiger partial charge in [-0.05, 0) is 54.1 Å². The van der Waals surface area contributed by atoms with Crippen molar-refractivity contribution in [2.75, 3.05) is 18.0 Å². The average Bonchev–Trinajstić information content (AvgIpc) is 2.81. The number of carbonyl (C=O) groups is 1. The summed E-state index contributed by atoms with van der Waals surface area (Å²) < 4.78 is 46.2. The summed E-state index contributed by atoms with van der Waals surface area (Å²) in [5, 5.41) is 11.5. The Labute approximate surface area is 185 Å². The number of sulfonamides is 1. The molecule has 0 radical (unpaired) electrons. The number of nitriles is 1. The smallest absolute Gasteiger partial charge is 0.264 e. The standard InChI is InChI=1S/C23H20FN3O4S/c1-31-22-5-3-2-4-21(22)27(32(29,30)20-12-10-19(24)11-13-20)16-23(28)26-15-18-8-6-17(14-25)7-9-18/h2-13H,15-16H2,1H3,(H,26,28). The first-order valence-electron chi connectivity index (χ1n) is 9.52. The van der Waals surface area contributed by atoms with Gasteiger partial charge in [0.25, 0.3) is 10.0 Å². The third-order valence-corrected chi connectivity index (χ3v) is 6.39. The maximum atomic E-state index is 13.3. The van der Waals surface area contributed by atoms with Crippen LogP contribution < -0.4 is 14.4 Å². The van der Waals surface area contributed by atoms with E-state index in [2.05, 4.69) is 5.32 Å². The molecule has 1 N–H and O–H groups in total. The predicted octanol–water partition coefficient (Wildman–Crippen LogP) is 3.22. The van der Waals surface area contributed by atoms with Crippen LogP contribution in [0.2, 0.25) is 0 Å². The number of hydrogen-bond donors (Lipinski definition) is 1. The third kappa shape index (κ3) is 5.22. The number of methoxy groups -OCH3 is 1. The predicted molar refractivity (Wildman–Crippen MR) is 117 cm³/mol. The Morgan fingerprint density at radius 2 is 1.72 bits per heavy atom. The number of nitrogens with one attached hydrogen (secondary N) is 1. The van der Waals surface area contributed by atoms with Crippen molar-refractivity contribution in [2.45, 2.75) is 11.4 Å². The number of benzene rings is 3. The van der Waals surface area contributed by atoms with Crippen LogP contribution in [-0.2, 0) is 21.4 Å². The first kappa shape index (κ1) is 22.8. The summed E-state index contributed by atoms with van der Waals surface area (Å²) in [6.07, 6.45) is 0. The Hall–Kier alpha value is -3.90. The number of nitrogens with zero attached hydrogens (tertiary/aromatic N) is 2. The van der Waals surface area contributed by atoms with Gasteiger partial charge in [0.15, 0.2) is 0 Å². The van der Waals surface area contributed by atoms with Gasteiger partial charge in [-0.2, -0.15) is 5.26 Å². The van der Waals surface area contributed by atoms with Crippen LogP contribution in [0.3, 0.4) is 0 Å². The summed E-state index contributed by atoms with van der Waals surface area (Å²) in [5.41, 5.74) is 1.42. The molecule has 32 heavy (non-hydrogen) atoms. The molecular weight excluding hydrogens is 433 g/mol. The summed E-state index contributed by atoms with van der Waals surface area (Å²) in [4.78, 5) is 12.5. The van der Waals surface area contributed by atoms with Crippen LogP contribution in [0, 0.1) is 17.1 Å². The monoisotopic (exact) mass is 453 g/mol. The van der Waals surface area contributed by atoms with Crippen molar-refractivity contribution >= 4 is 21.6 Å². The highest BCUT2D eigenvalue weighted by molar-refractivity contribution is 7.92. The van der Waals surface area contributed by atoms with Gasteiger partial charge < -0.3 is 10.1 Å². The highest BCUT2D eigenvalue weighted by Gasteiger charge is 2.29. The fraction of sp³-hybridized carbons (Fsp3) is 0.130. The van der Waals surface area contributed by atoms with Gasteiger partial charge in [0.05, 0.1) is 29.3 Å². The Kier molecular flexibility index (Phi) is 7.07. The molecule has 3 aromatic carbocycles. The fourth-order valence-electron chi connectivity index (χ4n) is 2.95. The summed E-state index contributed by atoms with van der Waals surface area (Å²) in [7, 11) is -2.81. The summed E-state index contributed by atoms with van der Waals surface area (Å²) >= 11 is 0. The third-order valence-electron chi connectivity index (χ3n) is 4.62. The molecule has 0 aliphatic heterocycles. The number of hydrogen-bond acceptors (Lipinski definition) is 5. The van der Waals surface area contributed by atoms with E-state index in [1.54, 1.807) is 42.5 Å². The zero-order chi connectivity index (χ0) is 23.1. The second-order valence-electron chi connectivity index (χ2n) is 6.72. The van der Waals surface area contributed by atoms with Crippen LogP contribution >= 0.6 is 0 Å². The first-order valence-corrected chi connectivity index (χ1v) is 11.0. The van der Waals surface area contributed by atoms with E-state index >= 15 is 0 Å². The van der Waals surface area contributed by atoms with Crippen LogP contribution in [0.15, 0.2) is 77.7 Å². The van der Waals surface area contributed by atoms with Crippen molar-refractivity contribution in [1.82, 2.24) is 5.32 Å². The maximum absolute atomic E-state index is 13.3. The van der Waals surface area contributed by atoms with Gasteiger partial charge in [-0.25, -0.2) is 12.8 Å². The number of halogens is 1. The molecular formula is C23H20FN3O4S. The van der Waals surface area contributed by atoms with E-state index < -0.39 is 28.3 Å². The van der Waals surface area contributed by atoms with Gasteiger partial charge >= 0.3 is 0 Å². The van der Waals surface area contributed by atoms with Crippen molar-refractivity contribution in [3.05, 3.63) is 89.7 Å². The van der Waals surface area contributed by atoms with Crippen molar-refractivity contribution in [2.24, 2.45) is 0 Å². The van der Waals surface area contributed by atoms with E-state index in [1.807, 2.05) is 6.07 Å². The molecule has 0 bridgehead atoms. The normalized spacial score (nSPS) is 10.8. The van der Waals surface area contributed by atoms with Crippen molar-refractivity contribution in [3.63, 3.8) is 0 Å². The molecule has 0 aliphatic carbocycles. The summed E-state index contributed by atoms with van der Waals surface area (Å²) in [6, 6.07) is 19.4. The van der Waals surface area contributed by atoms with Crippen molar-refractivity contribution < 1.29 is 22.3 Å². The average molecular weight is 453 g/mol. The molecule has 3 rings (SSSR count). The number of rotatable bonds is 8. The molecule has 9 heteroatoms. The zero-order valence-electron chi connectivity index (χ0n) is 17.2. The minimum Gasteiger partial charge on any atom is -0.495 e. The summed E-state index contributed by atoms with van der Waals surface area (Å²) in [6.45, 7) is -0.364. The largest absolute Gasteiger partial charge is 0.495 e. The van der Waals surface area contributed by atoms with E-state index in [9.17, 15) is 17.6 Å². The lowest BCUT2D eigenvalue weighted by Crippen LogP contribution is -2.40. The molecule has 0 saturated heterocycles.